The van der Waals surface area contributed by atoms with Gasteiger partial charge in [0.15, 0.2) is 0 Å². The molecule has 0 spiro atoms. The maximum atomic E-state index is 12.2. The smallest absolute Gasteiger partial charge is 0.224 e. The summed E-state index contributed by atoms with van der Waals surface area (Å²) in [7, 11) is 0. The number of rotatable bonds is 7. The van der Waals surface area contributed by atoms with E-state index in [1.54, 1.807) is 0 Å². The van der Waals surface area contributed by atoms with Crippen LogP contribution in [-0.2, 0) is 11.3 Å². The lowest BCUT2D eigenvalue weighted by atomic mass is 10.1. The fourth-order valence-corrected chi connectivity index (χ4v) is 3.05. The van der Waals surface area contributed by atoms with Gasteiger partial charge in [0, 0.05) is 18.7 Å². The lowest BCUT2D eigenvalue weighted by molar-refractivity contribution is -0.124. The molecule has 2 rings (SSSR count). The van der Waals surface area contributed by atoms with E-state index in [4.69, 9.17) is 4.74 Å². The molecule has 128 valence electrons. The number of carbonyl (C=O) groups is 1. The zero-order valence-corrected chi connectivity index (χ0v) is 14.8. The van der Waals surface area contributed by atoms with Gasteiger partial charge in [0.1, 0.15) is 5.75 Å². The Kier molecular flexibility index (Phi) is 6.46. The van der Waals surface area contributed by atoms with Crippen LogP contribution in [0.1, 0.15) is 44.7 Å². The number of aryl methyl sites for hydroxylation is 1. The van der Waals surface area contributed by atoms with E-state index in [0.29, 0.717) is 12.5 Å². The summed E-state index contributed by atoms with van der Waals surface area (Å²) in [4.78, 5) is 12.2. The fourth-order valence-electron chi connectivity index (χ4n) is 3.05. The fraction of sp³-hybridized carbons (Fsp3) is 0.632. The molecule has 2 atom stereocenters. The molecule has 1 aliphatic rings. The highest BCUT2D eigenvalue weighted by Gasteiger charge is 2.22. The zero-order chi connectivity index (χ0) is 16.8. The Balaban J connectivity index is 1.98. The van der Waals surface area contributed by atoms with Crippen molar-refractivity contribution in [2.75, 3.05) is 13.1 Å². The number of hydrogen-bond acceptors (Lipinski definition) is 3. The molecule has 1 fully saturated rings. The van der Waals surface area contributed by atoms with Gasteiger partial charge >= 0.3 is 0 Å². The van der Waals surface area contributed by atoms with Crippen LogP contribution in [0.3, 0.4) is 0 Å². The molecule has 0 aliphatic carbocycles. The van der Waals surface area contributed by atoms with Gasteiger partial charge < -0.3 is 15.4 Å². The molecule has 1 saturated heterocycles. The standard InChI is InChI=1S/C19H30N2O2/c1-13(2)9-15(4)23-18-10-14(3)5-6-16(18)12-21-19(22)17-7-8-20-11-17/h5-6,10,13,15,17,20H,7-9,11-12H2,1-4H3,(H,21,22). The van der Waals surface area contributed by atoms with Crippen LogP contribution in [0.15, 0.2) is 18.2 Å². The predicted octanol–water partition coefficient (Wildman–Crippen LogP) is 3.03. The molecule has 0 bridgehead atoms. The molecule has 2 N–H and O–H groups in total. The van der Waals surface area contributed by atoms with E-state index >= 15 is 0 Å². The first-order valence-electron chi connectivity index (χ1n) is 8.70. The molecule has 0 radical (unpaired) electrons. The van der Waals surface area contributed by atoms with E-state index in [2.05, 4.69) is 56.5 Å². The maximum absolute atomic E-state index is 12.2. The molecule has 2 unspecified atom stereocenters. The Morgan fingerprint density at radius 3 is 2.83 bits per heavy atom. The van der Waals surface area contributed by atoms with E-state index in [-0.39, 0.29) is 17.9 Å². The first-order valence-corrected chi connectivity index (χ1v) is 8.70. The largest absolute Gasteiger partial charge is 0.490 e. The van der Waals surface area contributed by atoms with Crippen molar-refractivity contribution in [2.45, 2.75) is 53.2 Å². The van der Waals surface area contributed by atoms with Crippen molar-refractivity contribution in [3.63, 3.8) is 0 Å². The Morgan fingerprint density at radius 2 is 2.17 bits per heavy atom. The Hall–Kier alpha value is -1.55. The third kappa shape index (κ3) is 5.54. The normalized spacial score (nSPS) is 18.9. The van der Waals surface area contributed by atoms with Crippen LogP contribution in [0.25, 0.3) is 0 Å². The van der Waals surface area contributed by atoms with Crippen molar-refractivity contribution < 1.29 is 9.53 Å². The van der Waals surface area contributed by atoms with Crippen LogP contribution in [0, 0.1) is 18.8 Å². The molecule has 4 heteroatoms. The van der Waals surface area contributed by atoms with Gasteiger partial charge in [-0.3, -0.25) is 4.79 Å². The van der Waals surface area contributed by atoms with Crippen LogP contribution in [0.2, 0.25) is 0 Å². The molecule has 23 heavy (non-hydrogen) atoms. The molecule has 1 aromatic carbocycles. The third-order valence-electron chi connectivity index (χ3n) is 4.24. The van der Waals surface area contributed by atoms with E-state index in [0.717, 1.165) is 37.2 Å². The van der Waals surface area contributed by atoms with Gasteiger partial charge in [0.25, 0.3) is 0 Å². The Labute approximate surface area is 140 Å². The average molecular weight is 318 g/mol. The average Bonchev–Trinajstić information content (AvgIpc) is 2.99. The van der Waals surface area contributed by atoms with Crippen molar-refractivity contribution in [1.29, 1.82) is 0 Å². The minimum absolute atomic E-state index is 0.102. The second-order valence-corrected chi connectivity index (χ2v) is 7.08. The lowest BCUT2D eigenvalue weighted by Gasteiger charge is -2.20. The monoisotopic (exact) mass is 318 g/mol. The minimum Gasteiger partial charge on any atom is -0.490 e. The number of nitrogens with one attached hydrogen (secondary N) is 2. The Bertz CT molecular complexity index is 522. The second kappa shape index (κ2) is 8.34. The van der Waals surface area contributed by atoms with Gasteiger partial charge in [0.05, 0.1) is 12.0 Å². The van der Waals surface area contributed by atoms with Crippen LogP contribution in [-0.4, -0.2) is 25.1 Å². The second-order valence-electron chi connectivity index (χ2n) is 7.08. The first kappa shape index (κ1) is 17.8. The maximum Gasteiger partial charge on any atom is 0.224 e. The summed E-state index contributed by atoms with van der Waals surface area (Å²) in [6.45, 7) is 10.8. The summed E-state index contributed by atoms with van der Waals surface area (Å²) < 4.78 is 6.13. The minimum atomic E-state index is 0.102. The summed E-state index contributed by atoms with van der Waals surface area (Å²) in [5, 5.41) is 6.28. The van der Waals surface area contributed by atoms with E-state index < -0.39 is 0 Å². The predicted molar refractivity (Wildman–Crippen MR) is 93.5 cm³/mol. The molecular formula is C19H30N2O2. The summed E-state index contributed by atoms with van der Waals surface area (Å²) in [5.74, 6) is 1.73. The third-order valence-corrected chi connectivity index (χ3v) is 4.24. The van der Waals surface area contributed by atoms with Gasteiger partial charge in [-0.05, 0) is 50.8 Å². The van der Waals surface area contributed by atoms with Gasteiger partial charge in [-0.1, -0.05) is 26.0 Å². The summed E-state index contributed by atoms with van der Waals surface area (Å²) >= 11 is 0. The highest BCUT2D eigenvalue weighted by molar-refractivity contribution is 5.79. The topological polar surface area (TPSA) is 50.4 Å². The summed E-state index contributed by atoms with van der Waals surface area (Å²) in [6.07, 6.45) is 2.12. The quantitative estimate of drug-likeness (QED) is 0.812. The molecule has 1 aliphatic heterocycles. The van der Waals surface area contributed by atoms with E-state index in [1.807, 2.05) is 0 Å². The number of amides is 1. The molecular weight excluding hydrogens is 288 g/mol. The highest BCUT2D eigenvalue weighted by Crippen LogP contribution is 2.23. The summed E-state index contributed by atoms with van der Waals surface area (Å²) in [6, 6.07) is 6.19. The van der Waals surface area contributed by atoms with Crippen molar-refractivity contribution in [3.8, 4) is 5.75 Å². The van der Waals surface area contributed by atoms with Gasteiger partial charge in [-0.25, -0.2) is 0 Å². The molecule has 0 aromatic heterocycles. The SMILES string of the molecule is Cc1ccc(CNC(=O)C2CCNC2)c(OC(C)CC(C)C)c1. The molecule has 0 saturated carbocycles. The zero-order valence-electron chi connectivity index (χ0n) is 14.8. The number of ether oxygens (including phenoxy) is 1. The van der Waals surface area contributed by atoms with Crippen molar-refractivity contribution >= 4 is 5.91 Å². The molecule has 1 aromatic rings. The lowest BCUT2D eigenvalue weighted by Crippen LogP contribution is -2.31. The van der Waals surface area contributed by atoms with Crippen LogP contribution < -0.4 is 15.4 Å². The van der Waals surface area contributed by atoms with Gasteiger partial charge in [-0.2, -0.15) is 0 Å². The highest BCUT2D eigenvalue weighted by atomic mass is 16.5. The van der Waals surface area contributed by atoms with Crippen molar-refractivity contribution in [3.05, 3.63) is 29.3 Å². The molecule has 1 amide bonds. The van der Waals surface area contributed by atoms with Crippen molar-refractivity contribution in [2.24, 2.45) is 11.8 Å². The molecule has 4 nitrogen and oxygen atoms in total. The van der Waals surface area contributed by atoms with E-state index in [9.17, 15) is 4.79 Å². The number of hydrogen-bond donors (Lipinski definition) is 2. The van der Waals surface area contributed by atoms with Crippen LogP contribution in [0.5, 0.6) is 5.75 Å². The van der Waals surface area contributed by atoms with Gasteiger partial charge in [0.2, 0.25) is 5.91 Å². The number of carbonyl (C=O) groups excluding carboxylic acids is 1. The summed E-state index contributed by atoms with van der Waals surface area (Å²) in [5.41, 5.74) is 2.22. The Morgan fingerprint density at radius 1 is 1.39 bits per heavy atom. The van der Waals surface area contributed by atoms with E-state index in [1.165, 1.54) is 5.56 Å². The van der Waals surface area contributed by atoms with Crippen molar-refractivity contribution in [1.82, 2.24) is 10.6 Å². The van der Waals surface area contributed by atoms with Gasteiger partial charge in [-0.15, -0.1) is 0 Å². The number of benzene rings is 1. The first-order chi connectivity index (χ1) is 11.0. The van der Waals surface area contributed by atoms with Crippen LogP contribution >= 0.6 is 0 Å². The molecule has 1 heterocycles. The van der Waals surface area contributed by atoms with Crippen LogP contribution in [0.4, 0.5) is 0 Å².